The van der Waals surface area contributed by atoms with Gasteiger partial charge in [0.15, 0.2) is 12.4 Å². The van der Waals surface area contributed by atoms with E-state index in [4.69, 9.17) is 4.74 Å². The molecular formula is C23H20FNO4. The highest BCUT2D eigenvalue weighted by Crippen LogP contribution is 2.40. The third-order valence-corrected chi connectivity index (χ3v) is 5.48. The molecule has 2 aliphatic rings. The number of ether oxygens (including phenoxy) is 1. The van der Waals surface area contributed by atoms with Gasteiger partial charge in [0.1, 0.15) is 11.6 Å². The Hall–Kier alpha value is -3.28. The van der Waals surface area contributed by atoms with E-state index in [2.05, 4.69) is 0 Å². The van der Waals surface area contributed by atoms with Gasteiger partial charge in [0.2, 0.25) is 11.8 Å². The Balaban J connectivity index is 1.49. The summed E-state index contributed by atoms with van der Waals surface area (Å²) < 4.78 is 18.5. The smallest absolute Gasteiger partial charge is 0.238 e. The first kappa shape index (κ1) is 19.1. The molecule has 1 fully saturated rings. The predicted octanol–water partition coefficient (Wildman–Crippen LogP) is 3.79. The van der Waals surface area contributed by atoms with Gasteiger partial charge < -0.3 is 4.74 Å². The molecule has 1 heterocycles. The minimum atomic E-state index is -0.416. The van der Waals surface area contributed by atoms with Crippen LogP contribution in [0.3, 0.4) is 0 Å². The van der Waals surface area contributed by atoms with Gasteiger partial charge in [-0.25, -0.2) is 9.29 Å². The first-order valence-corrected chi connectivity index (χ1v) is 9.52. The molecule has 6 heteroatoms. The van der Waals surface area contributed by atoms with Gasteiger partial charge in [-0.15, -0.1) is 0 Å². The molecule has 2 amide bonds. The first-order chi connectivity index (χ1) is 14.0. The van der Waals surface area contributed by atoms with Crippen LogP contribution in [-0.2, 0) is 9.59 Å². The SMILES string of the molecule is C[C@@H]1C=CC[C@@H]2C(=O)N(c3cccc(OCC(=O)c4ccc(F)cc4)c3)C(=O)[C@@H]12. The van der Waals surface area contributed by atoms with Crippen molar-refractivity contribution in [2.45, 2.75) is 13.3 Å². The van der Waals surface area contributed by atoms with E-state index < -0.39 is 5.82 Å². The summed E-state index contributed by atoms with van der Waals surface area (Å²) >= 11 is 0. The predicted molar refractivity (Wildman–Crippen MR) is 105 cm³/mol. The van der Waals surface area contributed by atoms with E-state index in [-0.39, 0.29) is 42.0 Å². The van der Waals surface area contributed by atoms with Crippen LogP contribution >= 0.6 is 0 Å². The molecule has 0 bridgehead atoms. The average molecular weight is 393 g/mol. The molecule has 2 aromatic carbocycles. The Morgan fingerprint density at radius 2 is 1.90 bits per heavy atom. The Morgan fingerprint density at radius 1 is 1.14 bits per heavy atom. The Bertz CT molecular complexity index is 998. The highest BCUT2D eigenvalue weighted by molar-refractivity contribution is 6.22. The van der Waals surface area contributed by atoms with Gasteiger partial charge >= 0.3 is 0 Å². The molecule has 0 unspecified atom stereocenters. The van der Waals surface area contributed by atoms with Crippen LogP contribution in [-0.4, -0.2) is 24.2 Å². The molecule has 1 saturated heterocycles. The van der Waals surface area contributed by atoms with Crippen molar-refractivity contribution < 1.29 is 23.5 Å². The molecule has 5 nitrogen and oxygen atoms in total. The zero-order valence-corrected chi connectivity index (χ0v) is 15.9. The normalized spacial score (nSPS) is 23.2. The van der Waals surface area contributed by atoms with Crippen molar-refractivity contribution in [1.82, 2.24) is 0 Å². The van der Waals surface area contributed by atoms with Crippen molar-refractivity contribution in [2.75, 3.05) is 11.5 Å². The third kappa shape index (κ3) is 3.58. The number of rotatable bonds is 5. The molecule has 2 aromatic rings. The number of hydrogen-bond donors (Lipinski definition) is 0. The molecule has 0 saturated carbocycles. The monoisotopic (exact) mass is 393 g/mol. The van der Waals surface area contributed by atoms with Crippen LogP contribution in [0, 0.1) is 23.6 Å². The maximum absolute atomic E-state index is 13.0. The van der Waals surface area contributed by atoms with Crippen LogP contribution in [0.5, 0.6) is 5.75 Å². The van der Waals surface area contributed by atoms with E-state index in [0.29, 0.717) is 23.4 Å². The number of Topliss-reactive ketones (excluding diaryl/α,β-unsaturated/α-hetero) is 1. The standard InChI is InChI=1S/C23H20FNO4/c1-14-4-2-7-19-21(14)23(28)25(22(19)27)17-5-3-6-18(12-17)29-13-20(26)15-8-10-16(24)11-9-15/h2-6,8-12,14,19,21H,7,13H2,1H3/t14-,19+,21+/m1/s1. The summed E-state index contributed by atoms with van der Waals surface area (Å²) in [5.74, 6) is -1.38. The lowest BCUT2D eigenvalue weighted by Gasteiger charge is -2.22. The highest BCUT2D eigenvalue weighted by Gasteiger charge is 2.50. The number of carbonyl (C=O) groups is 3. The van der Waals surface area contributed by atoms with Gasteiger partial charge in [-0.05, 0) is 48.7 Å². The molecule has 29 heavy (non-hydrogen) atoms. The Morgan fingerprint density at radius 3 is 2.62 bits per heavy atom. The molecule has 1 aliphatic heterocycles. The molecule has 4 rings (SSSR count). The average Bonchev–Trinajstić information content (AvgIpc) is 2.98. The second-order valence-electron chi connectivity index (χ2n) is 7.38. The van der Waals surface area contributed by atoms with Crippen molar-refractivity contribution in [2.24, 2.45) is 17.8 Å². The summed E-state index contributed by atoms with van der Waals surface area (Å²) in [5.41, 5.74) is 0.784. The van der Waals surface area contributed by atoms with Crippen LogP contribution in [0.4, 0.5) is 10.1 Å². The second kappa shape index (κ2) is 7.62. The fourth-order valence-corrected chi connectivity index (χ4v) is 3.98. The van der Waals surface area contributed by atoms with Crippen LogP contribution in [0.25, 0.3) is 0 Å². The third-order valence-electron chi connectivity index (χ3n) is 5.48. The number of allylic oxidation sites excluding steroid dienone is 2. The zero-order valence-electron chi connectivity index (χ0n) is 15.9. The molecule has 0 N–H and O–H groups in total. The number of ketones is 1. The lowest BCUT2D eigenvalue weighted by Crippen LogP contribution is -2.31. The number of benzene rings is 2. The number of amides is 2. The fourth-order valence-electron chi connectivity index (χ4n) is 3.98. The molecule has 148 valence electrons. The number of imide groups is 1. The van der Waals surface area contributed by atoms with Gasteiger partial charge in [0, 0.05) is 11.6 Å². The van der Waals surface area contributed by atoms with Gasteiger partial charge in [-0.1, -0.05) is 25.1 Å². The summed E-state index contributed by atoms with van der Waals surface area (Å²) in [6.07, 6.45) is 4.51. The van der Waals surface area contributed by atoms with E-state index >= 15 is 0 Å². The summed E-state index contributed by atoms with van der Waals surface area (Å²) in [5, 5.41) is 0. The number of hydrogen-bond acceptors (Lipinski definition) is 4. The fraction of sp³-hybridized carbons (Fsp3) is 0.261. The van der Waals surface area contributed by atoms with Gasteiger partial charge in [-0.2, -0.15) is 0 Å². The van der Waals surface area contributed by atoms with Crippen molar-refractivity contribution in [3.8, 4) is 5.75 Å². The minimum absolute atomic E-state index is 0.0166. The quantitative estimate of drug-likeness (QED) is 0.441. The first-order valence-electron chi connectivity index (χ1n) is 9.52. The lowest BCUT2D eigenvalue weighted by molar-refractivity contribution is -0.122. The summed E-state index contributed by atoms with van der Waals surface area (Å²) in [4.78, 5) is 39.2. The Labute approximate surface area is 167 Å². The van der Waals surface area contributed by atoms with Crippen molar-refractivity contribution >= 4 is 23.3 Å². The lowest BCUT2D eigenvalue weighted by atomic mass is 9.78. The molecular weight excluding hydrogens is 373 g/mol. The largest absolute Gasteiger partial charge is 0.485 e. The Kier molecular flexibility index (Phi) is 5.01. The zero-order chi connectivity index (χ0) is 20.5. The number of carbonyl (C=O) groups excluding carboxylic acids is 3. The van der Waals surface area contributed by atoms with E-state index in [1.807, 2.05) is 19.1 Å². The number of halogens is 1. The van der Waals surface area contributed by atoms with E-state index in [0.717, 1.165) is 0 Å². The van der Waals surface area contributed by atoms with Crippen molar-refractivity contribution in [1.29, 1.82) is 0 Å². The molecule has 1 aliphatic carbocycles. The van der Waals surface area contributed by atoms with Crippen LogP contribution in [0.15, 0.2) is 60.7 Å². The highest BCUT2D eigenvalue weighted by atomic mass is 19.1. The van der Waals surface area contributed by atoms with Gasteiger partial charge in [0.05, 0.1) is 17.5 Å². The maximum atomic E-state index is 13.0. The summed E-state index contributed by atoms with van der Waals surface area (Å²) in [6.45, 7) is 1.71. The van der Waals surface area contributed by atoms with E-state index in [1.54, 1.807) is 24.3 Å². The van der Waals surface area contributed by atoms with Gasteiger partial charge in [0.25, 0.3) is 0 Å². The van der Waals surface area contributed by atoms with E-state index in [9.17, 15) is 18.8 Å². The maximum Gasteiger partial charge on any atom is 0.238 e. The van der Waals surface area contributed by atoms with Gasteiger partial charge in [-0.3, -0.25) is 14.4 Å². The van der Waals surface area contributed by atoms with Crippen LogP contribution in [0.1, 0.15) is 23.7 Å². The molecule has 0 aromatic heterocycles. The van der Waals surface area contributed by atoms with Crippen LogP contribution < -0.4 is 9.64 Å². The number of fused-ring (bicyclic) bond motifs is 1. The molecule has 3 atom stereocenters. The van der Waals surface area contributed by atoms with Crippen LogP contribution in [0.2, 0.25) is 0 Å². The minimum Gasteiger partial charge on any atom is -0.485 e. The second-order valence-corrected chi connectivity index (χ2v) is 7.38. The topological polar surface area (TPSA) is 63.7 Å². The van der Waals surface area contributed by atoms with E-state index in [1.165, 1.54) is 29.2 Å². The number of nitrogens with zero attached hydrogens (tertiary/aromatic N) is 1. The molecule has 0 spiro atoms. The van der Waals surface area contributed by atoms with Crippen molar-refractivity contribution in [3.63, 3.8) is 0 Å². The number of anilines is 1. The summed E-state index contributed by atoms with van der Waals surface area (Å²) in [6, 6.07) is 11.8. The molecule has 0 radical (unpaired) electrons. The summed E-state index contributed by atoms with van der Waals surface area (Å²) in [7, 11) is 0. The van der Waals surface area contributed by atoms with Crippen molar-refractivity contribution in [3.05, 3.63) is 72.1 Å².